The van der Waals surface area contributed by atoms with Crippen molar-refractivity contribution in [2.45, 2.75) is 44.1 Å². The summed E-state index contributed by atoms with van der Waals surface area (Å²) in [7, 11) is -3.94. The third-order valence-electron chi connectivity index (χ3n) is 4.51. The van der Waals surface area contributed by atoms with Crippen LogP contribution in [0.1, 0.15) is 43.2 Å². The molecule has 0 aliphatic heterocycles. The lowest BCUT2D eigenvalue weighted by Crippen LogP contribution is -2.27. The molecule has 1 heterocycles. The molecule has 0 radical (unpaired) electrons. The standard InChI is InChI=1S/C22H26BrN3O4S/c1-22(2,3)30-16-9-6-14(7-10-16)5-4-12-25-31(28,29)20-17-13-15(23)8-11-18(17)26-19(20)21(24)27/h6-11,13,25-26H,4-5,12H2,1-3H3,(H2,24,27). The lowest BCUT2D eigenvalue weighted by Gasteiger charge is -2.21. The van der Waals surface area contributed by atoms with Crippen LogP contribution in [-0.4, -0.2) is 31.5 Å². The van der Waals surface area contributed by atoms with Crippen molar-refractivity contribution in [3.05, 3.63) is 58.2 Å². The number of hydrogen-bond donors (Lipinski definition) is 3. The van der Waals surface area contributed by atoms with Crippen LogP contribution in [-0.2, 0) is 16.4 Å². The molecule has 166 valence electrons. The van der Waals surface area contributed by atoms with E-state index in [9.17, 15) is 13.2 Å². The number of ether oxygens (including phenoxy) is 1. The summed E-state index contributed by atoms with van der Waals surface area (Å²) in [5, 5.41) is 0.408. The number of carbonyl (C=O) groups excluding carboxylic acids is 1. The highest BCUT2D eigenvalue weighted by atomic mass is 79.9. The molecule has 4 N–H and O–H groups in total. The molecule has 0 saturated heterocycles. The number of halogens is 1. The van der Waals surface area contributed by atoms with Crippen molar-refractivity contribution < 1.29 is 17.9 Å². The Bertz CT molecular complexity index is 1200. The fourth-order valence-electron chi connectivity index (χ4n) is 3.24. The summed E-state index contributed by atoms with van der Waals surface area (Å²) in [4.78, 5) is 14.5. The molecule has 7 nitrogen and oxygen atoms in total. The maximum atomic E-state index is 13.0. The minimum absolute atomic E-state index is 0.125. The van der Waals surface area contributed by atoms with Crippen molar-refractivity contribution in [2.24, 2.45) is 5.73 Å². The molecule has 0 spiro atoms. The van der Waals surface area contributed by atoms with Crippen molar-refractivity contribution >= 4 is 42.8 Å². The Balaban J connectivity index is 1.68. The summed E-state index contributed by atoms with van der Waals surface area (Å²) in [5.41, 5.74) is 6.62. The van der Waals surface area contributed by atoms with Crippen molar-refractivity contribution in [1.29, 1.82) is 0 Å². The van der Waals surface area contributed by atoms with Crippen molar-refractivity contribution in [3.63, 3.8) is 0 Å². The first-order valence-corrected chi connectivity index (χ1v) is 12.1. The van der Waals surface area contributed by atoms with Gasteiger partial charge >= 0.3 is 0 Å². The molecule has 0 unspecified atom stereocenters. The first-order valence-electron chi connectivity index (χ1n) is 9.85. The Labute approximate surface area is 190 Å². The van der Waals surface area contributed by atoms with Gasteiger partial charge in [-0.25, -0.2) is 13.1 Å². The second-order valence-electron chi connectivity index (χ2n) is 8.24. The van der Waals surface area contributed by atoms with Gasteiger partial charge < -0.3 is 15.5 Å². The highest BCUT2D eigenvalue weighted by molar-refractivity contribution is 9.10. The topological polar surface area (TPSA) is 114 Å². The van der Waals surface area contributed by atoms with Gasteiger partial charge in [0.15, 0.2) is 0 Å². The number of primary amides is 1. The molecule has 0 saturated carbocycles. The fourth-order valence-corrected chi connectivity index (χ4v) is 5.04. The molecule has 3 aromatic rings. The van der Waals surface area contributed by atoms with Crippen molar-refractivity contribution in [3.8, 4) is 5.75 Å². The summed E-state index contributed by atoms with van der Waals surface area (Å²) in [6.07, 6.45) is 1.29. The Morgan fingerprint density at radius 1 is 1.16 bits per heavy atom. The van der Waals surface area contributed by atoms with Gasteiger partial charge in [-0.05, 0) is 69.5 Å². The lowest BCUT2D eigenvalue weighted by atomic mass is 10.1. The van der Waals surface area contributed by atoms with Gasteiger partial charge in [0.05, 0.1) is 0 Å². The smallest absolute Gasteiger partial charge is 0.266 e. The zero-order chi connectivity index (χ0) is 22.8. The van der Waals surface area contributed by atoms with Gasteiger partial charge in [-0.1, -0.05) is 28.1 Å². The van der Waals surface area contributed by atoms with Crippen LogP contribution in [0.5, 0.6) is 5.75 Å². The minimum atomic E-state index is -3.94. The molecule has 1 amide bonds. The lowest BCUT2D eigenvalue weighted by molar-refractivity contribution is 0.0993. The van der Waals surface area contributed by atoms with E-state index in [0.29, 0.717) is 28.2 Å². The summed E-state index contributed by atoms with van der Waals surface area (Å²) >= 11 is 3.34. The van der Waals surface area contributed by atoms with Crippen molar-refractivity contribution in [1.82, 2.24) is 9.71 Å². The van der Waals surface area contributed by atoms with E-state index in [1.807, 2.05) is 45.0 Å². The molecule has 0 fully saturated rings. The Hall–Kier alpha value is -2.36. The Morgan fingerprint density at radius 2 is 1.84 bits per heavy atom. The maximum absolute atomic E-state index is 13.0. The fraction of sp³-hybridized carbons (Fsp3) is 0.318. The largest absolute Gasteiger partial charge is 0.488 e. The molecule has 9 heteroatoms. The van der Waals surface area contributed by atoms with E-state index < -0.39 is 15.9 Å². The van der Waals surface area contributed by atoms with Crippen LogP contribution in [0.25, 0.3) is 10.9 Å². The van der Waals surface area contributed by atoms with Gasteiger partial charge in [-0.2, -0.15) is 0 Å². The van der Waals surface area contributed by atoms with Gasteiger partial charge in [-0.15, -0.1) is 0 Å². The van der Waals surface area contributed by atoms with Crippen LogP contribution >= 0.6 is 15.9 Å². The number of benzene rings is 2. The first kappa shape index (κ1) is 23.3. The maximum Gasteiger partial charge on any atom is 0.266 e. The Kier molecular flexibility index (Phi) is 6.78. The van der Waals surface area contributed by atoms with Gasteiger partial charge in [0.25, 0.3) is 5.91 Å². The molecule has 1 aromatic heterocycles. The number of hydrogen-bond acceptors (Lipinski definition) is 4. The quantitative estimate of drug-likeness (QED) is 0.397. The SMILES string of the molecule is CC(C)(C)Oc1ccc(CCCNS(=O)(=O)c2c(C(N)=O)[nH]c3ccc(Br)cc23)cc1. The number of nitrogens with two attached hydrogens (primary N) is 1. The average molecular weight is 508 g/mol. The number of H-pyrrole nitrogens is 1. The molecule has 0 bridgehead atoms. The van der Waals surface area contributed by atoms with Gasteiger partial charge in [0, 0.05) is 21.9 Å². The number of aromatic amines is 1. The van der Waals surface area contributed by atoms with Gasteiger partial charge in [0.2, 0.25) is 10.0 Å². The number of rotatable bonds is 8. The first-order chi connectivity index (χ1) is 14.5. The van der Waals surface area contributed by atoms with E-state index in [1.165, 1.54) is 0 Å². The zero-order valence-corrected chi connectivity index (χ0v) is 20.1. The molecular formula is C22H26BrN3O4S. The molecule has 0 aliphatic rings. The predicted molar refractivity (Wildman–Crippen MR) is 125 cm³/mol. The second kappa shape index (κ2) is 9.02. The summed E-state index contributed by atoms with van der Waals surface area (Å²) < 4.78 is 35.0. The summed E-state index contributed by atoms with van der Waals surface area (Å²) in [5.74, 6) is -0.0355. The molecular weight excluding hydrogens is 482 g/mol. The van der Waals surface area contributed by atoms with E-state index in [-0.39, 0.29) is 22.7 Å². The van der Waals surface area contributed by atoms with Gasteiger partial charge in [-0.3, -0.25) is 4.79 Å². The normalized spacial score (nSPS) is 12.3. The molecule has 0 atom stereocenters. The molecule has 31 heavy (non-hydrogen) atoms. The third kappa shape index (κ3) is 5.87. The summed E-state index contributed by atoms with van der Waals surface area (Å²) in [6, 6.07) is 12.9. The number of carbonyl (C=O) groups is 1. The van der Waals surface area contributed by atoms with Crippen LogP contribution < -0.4 is 15.2 Å². The van der Waals surface area contributed by atoms with E-state index in [1.54, 1.807) is 18.2 Å². The molecule has 3 rings (SSSR count). The van der Waals surface area contributed by atoms with Crippen LogP contribution in [0.4, 0.5) is 0 Å². The van der Waals surface area contributed by atoms with E-state index in [2.05, 4.69) is 25.6 Å². The predicted octanol–water partition coefficient (Wildman–Crippen LogP) is 4.12. The van der Waals surface area contributed by atoms with Gasteiger partial charge in [0.1, 0.15) is 21.9 Å². The minimum Gasteiger partial charge on any atom is -0.488 e. The number of sulfonamides is 1. The number of aryl methyl sites for hydroxylation is 1. The highest BCUT2D eigenvalue weighted by Crippen LogP contribution is 2.29. The molecule has 0 aliphatic carbocycles. The molecule has 2 aromatic carbocycles. The average Bonchev–Trinajstić information content (AvgIpc) is 3.05. The van der Waals surface area contributed by atoms with Crippen LogP contribution in [0.3, 0.4) is 0 Å². The van der Waals surface area contributed by atoms with Crippen LogP contribution in [0, 0.1) is 0 Å². The zero-order valence-electron chi connectivity index (χ0n) is 17.7. The summed E-state index contributed by atoms with van der Waals surface area (Å²) in [6.45, 7) is 6.19. The monoisotopic (exact) mass is 507 g/mol. The number of fused-ring (bicyclic) bond motifs is 1. The third-order valence-corrected chi connectivity index (χ3v) is 6.55. The van der Waals surface area contributed by atoms with Crippen LogP contribution in [0.15, 0.2) is 51.8 Å². The highest BCUT2D eigenvalue weighted by Gasteiger charge is 2.26. The number of amides is 1. The van der Waals surface area contributed by atoms with Crippen molar-refractivity contribution in [2.75, 3.05) is 6.54 Å². The van der Waals surface area contributed by atoms with Crippen LogP contribution in [0.2, 0.25) is 0 Å². The van der Waals surface area contributed by atoms with E-state index in [0.717, 1.165) is 11.3 Å². The second-order valence-corrected chi connectivity index (χ2v) is 10.9. The number of nitrogens with one attached hydrogen (secondary N) is 2. The van der Waals surface area contributed by atoms with E-state index in [4.69, 9.17) is 10.5 Å². The Morgan fingerprint density at radius 3 is 2.45 bits per heavy atom. The number of aromatic nitrogens is 1. The van der Waals surface area contributed by atoms with E-state index >= 15 is 0 Å².